The van der Waals surface area contributed by atoms with Gasteiger partial charge in [0.2, 0.25) is 0 Å². The van der Waals surface area contributed by atoms with Crippen LogP contribution in [0.15, 0.2) is 36.4 Å². The Hall–Kier alpha value is -1.52. The molecule has 1 aromatic heterocycles. The number of rotatable bonds is 3. The van der Waals surface area contributed by atoms with Crippen LogP contribution < -0.4 is 5.32 Å². The Balaban J connectivity index is 2.44. The van der Waals surface area contributed by atoms with Gasteiger partial charge < -0.3 is 10.1 Å². The Kier molecular flexibility index (Phi) is 3.66. The van der Waals surface area contributed by atoms with Crippen molar-refractivity contribution in [2.24, 2.45) is 0 Å². The molecular weight excluding hydrogens is 232 g/mol. The van der Waals surface area contributed by atoms with E-state index < -0.39 is 0 Å². The van der Waals surface area contributed by atoms with E-state index in [1.165, 1.54) is 0 Å². The summed E-state index contributed by atoms with van der Waals surface area (Å²) in [5.74, 6) is 0. The third kappa shape index (κ3) is 2.43. The summed E-state index contributed by atoms with van der Waals surface area (Å²) in [5.41, 5.74) is 1.77. The smallest absolute Gasteiger partial charge is 0.149 e. The monoisotopic (exact) mass is 246 g/mol. The van der Waals surface area contributed by atoms with Crippen LogP contribution in [-0.4, -0.2) is 24.1 Å². The van der Waals surface area contributed by atoms with Crippen molar-refractivity contribution in [2.45, 2.75) is 6.10 Å². The van der Waals surface area contributed by atoms with Gasteiger partial charge in [-0.1, -0.05) is 36.5 Å². The first kappa shape index (κ1) is 12.0. The lowest BCUT2D eigenvalue weighted by molar-refractivity contribution is 0.154. The Morgan fingerprint density at radius 2 is 2.06 bits per heavy atom. The van der Waals surface area contributed by atoms with Gasteiger partial charge in [0.15, 0.2) is 0 Å². The molecule has 1 heterocycles. The minimum Gasteiger partial charge on any atom is -0.380 e. The van der Waals surface area contributed by atoms with Gasteiger partial charge in [-0.05, 0) is 12.1 Å². The summed E-state index contributed by atoms with van der Waals surface area (Å²) in [7, 11) is 3.42. The number of thiocarbonyl (C=S) groups is 1. The van der Waals surface area contributed by atoms with Crippen LogP contribution in [0.4, 0.5) is 0 Å². The van der Waals surface area contributed by atoms with Gasteiger partial charge >= 0.3 is 0 Å². The van der Waals surface area contributed by atoms with Crippen LogP contribution in [0.5, 0.6) is 0 Å². The van der Waals surface area contributed by atoms with E-state index >= 15 is 0 Å². The summed E-state index contributed by atoms with van der Waals surface area (Å²) in [6.45, 7) is 0. The Morgan fingerprint density at radius 1 is 1.29 bits per heavy atom. The van der Waals surface area contributed by atoms with E-state index in [1.54, 1.807) is 14.2 Å². The van der Waals surface area contributed by atoms with Gasteiger partial charge in [-0.2, -0.15) is 0 Å². The zero-order valence-corrected chi connectivity index (χ0v) is 10.6. The van der Waals surface area contributed by atoms with E-state index in [-0.39, 0.29) is 6.10 Å². The minimum atomic E-state index is -0.292. The first-order valence-electron chi connectivity index (χ1n) is 5.36. The number of fused-ring (bicyclic) bond motifs is 1. The van der Waals surface area contributed by atoms with Crippen molar-refractivity contribution in [3.63, 3.8) is 0 Å². The molecular formula is C13H14N2OS. The van der Waals surface area contributed by atoms with Crippen molar-refractivity contribution < 1.29 is 4.74 Å². The summed E-state index contributed by atoms with van der Waals surface area (Å²) in [4.78, 5) is 5.20. The molecule has 2 rings (SSSR count). The number of hydrogen-bond donors (Lipinski definition) is 1. The van der Waals surface area contributed by atoms with Crippen molar-refractivity contribution in [2.75, 3.05) is 14.2 Å². The van der Waals surface area contributed by atoms with Crippen LogP contribution >= 0.6 is 12.2 Å². The highest BCUT2D eigenvalue weighted by molar-refractivity contribution is 7.80. The normalized spacial score (nSPS) is 12.4. The molecule has 0 bridgehead atoms. The molecule has 88 valence electrons. The Morgan fingerprint density at radius 3 is 2.76 bits per heavy atom. The first-order chi connectivity index (χ1) is 8.26. The van der Waals surface area contributed by atoms with Crippen LogP contribution in [0.3, 0.4) is 0 Å². The predicted molar refractivity (Wildman–Crippen MR) is 73.2 cm³/mol. The van der Waals surface area contributed by atoms with Gasteiger partial charge in [0.25, 0.3) is 0 Å². The van der Waals surface area contributed by atoms with Crippen LogP contribution in [0, 0.1) is 0 Å². The third-order valence-corrected chi connectivity index (χ3v) is 3.03. The van der Waals surface area contributed by atoms with E-state index in [0.29, 0.717) is 4.99 Å². The number of methoxy groups -OCH3 is 1. The number of benzene rings is 1. The lowest BCUT2D eigenvalue weighted by Gasteiger charge is -2.16. The molecule has 0 fully saturated rings. The van der Waals surface area contributed by atoms with E-state index in [9.17, 15) is 0 Å². The van der Waals surface area contributed by atoms with E-state index in [1.807, 2.05) is 36.4 Å². The lowest BCUT2D eigenvalue weighted by atomic mass is 10.1. The molecule has 0 spiro atoms. The maximum absolute atomic E-state index is 5.37. The standard InChI is InChI=1S/C13H14N2OS/c1-14-13(17)12(16-2)11-8-7-9-5-3-4-6-10(9)15-11/h3-8,12H,1-2H3,(H,14,17). The van der Waals surface area contributed by atoms with Crippen LogP contribution in [0.25, 0.3) is 10.9 Å². The maximum Gasteiger partial charge on any atom is 0.149 e. The number of nitrogens with zero attached hydrogens (tertiary/aromatic N) is 1. The number of pyridine rings is 1. The fraction of sp³-hybridized carbons (Fsp3) is 0.231. The summed E-state index contributed by atoms with van der Waals surface area (Å²) < 4.78 is 5.37. The van der Waals surface area contributed by atoms with Crippen molar-refractivity contribution in [1.82, 2.24) is 10.3 Å². The number of aromatic nitrogens is 1. The highest BCUT2D eigenvalue weighted by Gasteiger charge is 2.16. The highest BCUT2D eigenvalue weighted by atomic mass is 32.1. The summed E-state index contributed by atoms with van der Waals surface area (Å²) in [6.07, 6.45) is -0.292. The Bertz CT molecular complexity index is 542. The molecule has 0 aliphatic rings. The van der Waals surface area contributed by atoms with Gasteiger partial charge in [-0.15, -0.1) is 0 Å². The number of ether oxygens (including phenoxy) is 1. The topological polar surface area (TPSA) is 34.1 Å². The van der Waals surface area contributed by atoms with Gasteiger partial charge in [-0.3, -0.25) is 0 Å². The number of hydrogen-bond acceptors (Lipinski definition) is 3. The van der Waals surface area contributed by atoms with Crippen LogP contribution in [0.1, 0.15) is 11.8 Å². The molecule has 3 nitrogen and oxygen atoms in total. The molecule has 0 saturated carbocycles. The SMILES string of the molecule is CNC(=S)C(OC)c1ccc2ccccc2n1. The molecule has 1 unspecified atom stereocenters. The van der Waals surface area contributed by atoms with Crippen LogP contribution in [0.2, 0.25) is 0 Å². The second-order valence-electron chi connectivity index (χ2n) is 3.66. The van der Waals surface area contributed by atoms with E-state index in [4.69, 9.17) is 17.0 Å². The average molecular weight is 246 g/mol. The summed E-state index contributed by atoms with van der Waals surface area (Å²) >= 11 is 5.20. The van der Waals surface area contributed by atoms with Gasteiger partial charge in [0.1, 0.15) is 11.1 Å². The lowest BCUT2D eigenvalue weighted by Crippen LogP contribution is -2.25. The zero-order chi connectivity index (χ0) is 12.3. The summed E-state index contributed by atoms with van der Waals surface area (Å²) in [6, 6.07) is 12.0. The molecule has 1 atom stereocenters. The quantitative estimate of drug-likeness (QED) is 0.844. The molecule has 17 heavy (non-hydrogen) atoms. The number of nitrogens with one attached hydrogen (secondary N) is 1. The zero-order valence-electron chi connectivity index (χ0n) is 9.81. The largest absolute Gasteiger partial charge is 0.380 e. The molecule has 0 amide bonds. The fourth-order valence-corrected chi connectivity index (χ4v) is 1.94. The molecule has 1 N–H and O–H groups in total. The molecule has 0 saturated heterocycles. The molecule has 4 heteroatoms. The second kappa shape index (κ2) is 5.21. The fourth-order valence-electron chi connectivity index (χ4n) is 1.72. The molecule has 1 aromatic carbocycles. The highest BCUT2D eigenvalue weighted by Crippen LogP contribution is 2.19. The molecule has 2 aromatic rings. The average Bonchev–Trinajstić information content (AvgIpc) is 2.39. The number of likely N-dealkylation sites (N-methyl/N-ethyl adjacent to an activating group) is 1. The maximum atomic E-state index is 5.37. The van der Waals surface area contributed by atoms with Gasteiger partial charge in [-0.25, -0.2) is 4.98 Å². The van der Waals surface area contributed by atoms with Crippen molar-refractivity contribution in [3.8, 4) is 0 Å². The molecule has 0 aliphatic heterocycles. The van der Waals surface area contributed by atoms with Crippen molar-refractivity contribution >= 4 is 28.1 Å². The van der Waals surface area contributed by atoms with Crippen molar-refractivity contribution in [1.29, 1.82) is 0 Å². The minimum absolute atomic E-state index is 0.292. The van der Waals surface area contributed by atoms with Crippen molar-refractivity contribution in [3.05, 3.63) is 42.1 Å². The molecule has 0 radical (unpaired) electrons. The summed E-state index contributed by atoms with van der Waals surface area (Å²) in [5, 5.41) is 4.04. The van der Waals surface area contributed by atoms with E-state index in [2.05, 4.69) is 10.3 Å². The van der Waals surface area contributed by atoms with Gasteiger partial charge in [0.05, 0.1) is 11.2 Å². The van der Waals surface area contributed by atoms with E-state index in [0.717, 1.165) is 16.6 Å². The predicted octanol–water partition coefficient (Wildman–Crippen LogP) is 2.47. The van der Waals surface area contributed by atoms with Gasteiger partial charge in [0, 0.05) is 19.5 Å². The molecule has 0 aliphatic carbocycles. The number of para-hydroxylation sites is 1. The Labute approximate surface area is 106 Å². The third-order valence-electron chi connectivity index (χ3n) is 2.61. The second-order valence-corrected chi connectivity index (χ2v) is 4.10. The van der Waals surface area contributed by atoms with Crippen LogP contribution in [-0.2, 0) is 4.74 Å². The first-order valence-corrected chi connectivity index (χ1v) is 5.77.